The predicted molar refractivity (Wildman–Crippen MR) is 146 cm³/mol. The second-order valence-corrected chi connectivity index (χ2v) is 9.25. The fourth-order valence-electron chi connectivity index (χ4n) is 4.84. The number of benzene rings is 4. The molecule has 0 radical (unpaired) electrons. The lowest BCUT2D eigenvalue weighted by atomic mass is 9.97. The van der Waals surface area contributed by atoms with E-state index >= 15 is 0 Å². The molecule has 37 heavy (non-hydrogen) atoms. The number of esters is 1. The zero-order chi connectivity index (χ0) is 25.5. The summed E-state index contributed by atoms with van der Waals surface area (Å²) in [5.74, 6) is -0.499. The van der Waals surface area contributed by atoms with Crippen LogP contribution in [0, 0.1) is 6.92 Å². The fourth-order valence-corrected chi connectivity index (χ4v) is 5.03. The van der Waals surface area contributed by atoms with E-state index in [1.807, 2.05) is 79.7 Å². The molecular formula is C31H20ClNO4. The second-order valence-electron chi connectivity index (χ2n) is 8.81. The largest absolute Gasteiger partial charge is 0.457 e. The number of carbonyl (C=O) groups is 1. The average molecular weight is 506 g/mol. The number of hydrogen-bond donors (Lipinski definition) is 0. The normalized spacial score (nSPS) is 11.3. The van der Waals surface area contributed by atoms with Crippen molar-refractivity contribution in [1.29, 1.82) is 0 Å². The van der Waals surface area contributed by atoms with E-state index in [1.54, 1.807) is 12.1 Å². The molecule has 6 rings (SSSR count). The number of rotatable bonds is 4. The molecule has 0 spiro atoms. The SMILES string of the molecule is Cc1c(-c2cccc(Cl)c2)nc2ccccc2c1C(=O)OCc1cc(=O)oc2ccc3ccccc3c12. The molecule has 2 aromatic heterocycles. The molecule has 5 nitrogen and oxygen atoms in total. The Hall–Kier alpha value is -4.48. The molecule has 0 bridgehead atoms. The predicted octanol–water partition coefficient (Wildman–Crippen LogP) is 7.48. The van der Waals surface area contributed by atoms with Crippen molar-refractivity contribution in [3.8, 4) is 11.3 Å². The van der Waals surface area contributed by atoms with Crippen LogP contribution in [0.4, 0.5) is 0 Å². The lowest BCUT2D eigenvalue weighted by Gasteiger charge is -2.15. The Kier molecular flexibility index (Phi) is 5.70. The lowest BCUT2D eigenvalue weighted by Crippen LogP contribution is -2.11. The van der Waals surface area contributed by atoms with Gasteiger partial charge in [0.05, 0.1) is 16.8 Å². The molecule has 0 aliphatic carbocycles. The van der Waals surface area contributed by atoms with Gasteiger partial charge in [-0.15, -0.1) is 0 Å². The van der Waals surface area contributed by atoms with Crippen molar-refractivity contribution in [2.24, 2.45) is 0 Å². The van der Waals surface area contributed by atoms with Crippen molar-refractivity contribution in [3.05, 3.63) is 123 Å². The van der Waals surface area contributed by atoms with E-state index in [2.05, 4.69) is 0 Å². The number of fused-ring (bicyclic) bond motifs is 4. The first-order valence-corrected chi connectivity index (χ1v) is 12.1. The molecule has 0 aliphatic heterocycles. The minimum Gasteiger partial charge on any atom is -0.457 e. The molecule has 2 heterocycles. The van der Waals surface area contributed by atoms with Crippen molar-refractivity contribution in [1.82, 2.24) is 4.98 Å². The van der Waals surface area contributed by atoms with E-state index in [1.165, 1.54) is 6.07 Å². The number of para-hydroxylation sites is 1. The van der Waals surface area contributed by atoms with Crippen LogP contribution in [0.3, 0.4) is 0 Å². The first kappa shape index (κ1) is 23.0. The van der Waals surface area contributed by atoms with Crippen LogP contribution in [-0.2, 0) is 11.3 Å². The third kappa shape index (κ3) is 4.13. The summed E-state index contributed by atoms with van der Waals surface area (Å²) in [5.41, 5.74) is 3.79. The number of nitrogens with zero attached hydrogens (tertiary/aromatic N) is 1. The van der Waals surface area contributed by atoms with Gasteiger partial charge in [-0.1, -0.05) is 72.3 Å². The summed E-state index contributed by atoms with van der Waals surface area (Å²) in [7, 11) is 0. The number of halogens is 1. The topological polar surface area (TPSA) is 69.4 Å². The number of carbonyl (C=O) groups excluding carboxylic acids is 1. The summed E-state index contributed by atoms with van der Waals surface area (Å²) >= 11 is 6.23. The lowest BCUT2D eigenvalue weighted by molar-refractivity contribution is 0.0475. The molecule has 0 fully saturated rings. The maximum atomic E-state index is 13.6. The summed E-state index contributed by atoms with van der Waals surface area (Å²) in [6.07, 6.45) is 0. The third-order valence-corrected chi connectivity index (χ3v) is 6.75. The summed E-state index contributed by atoms with van der Waals surface area (Å²) in [6.45, 7) is 1.77. The molecule has 0 saturated carbocycles. The van der Waals surface area contributed by atoms with Crippen molar-refractivity contribution >= 4 is 50.2 Å². The van der Waals surface area contributed by atoms with Crippen LogP contribution in [0.1, 0.15) is 21.5 Å². The summed E-state index contributed by atoms with van der Waals surface area (Å²) in [4.78, 5) is 30.7. The van der Waals surface area contributed by atoms with Crippen molar-refractivity contribution in [2.45, 2.75) is 13.5 Å². The van der Waals surface area contributed by atoms with Gasteiger partial charge in [-0.2, -0.15) is 0 Å². The van der Waals surface area contributed by atoms with Crippen LogP contribution in [0.5, 0.6) is 0 Å². The molecule has 0 atom stereocenters. The Labute approximate surface area is 216 Å². The first-order valence-electron chi connectivity index (χ1n) is 11.8. The van der Waals surface area contributed by atoms with E-state index in [0.29, 0.717) is 43.9 Å². The Morgan fingerprint density at radius 1 is 0.919 bits per heavy atom. The molecule has 0 unspecified atom stereocenters. The van der Waals surface area contributed by atoms with Crippen LogP contribution < -0.4 is 5.63 Å². The minimum atomic E-state index is -0.499. The molecule has 4 aromatic carbocycles. The zero-order valence-electron chi connectivity index (χ0n) is 19.8. The van der Waals surface area contributed by atoms with Gasteiger partial charge in [-0.3, -0.25) is 0 Å². The maximum Gasteiger partial charge on any atom is 0.339 e. The standard InChI is InChI=1S/C31H20ClNO4/c1-18-28(24-11-4-5-12-25(24)33-30(18)20-8-6-9-22(32)15-20)31(35)36-17-21-16-27(34)37-26-14-13-19-7-2-3-10-23(19)29(21)26/h2-16H,17H2,1H3. The molecule has 6 heteroatoms. The number of hydrogen-bond acceptors (Lipinski definition) is 5. The van der Waals surface area contributed by atoms with Crippen LogP contribution in [0.2, 0.25) is 5.02 Å². The molecule has 6 aromatic rings. The number of pyridine rings is 1. The Bertz CT molecular complexity index is 1910. The van der Waals surface area contributed by atoms with Gasteiger partial charge in [0.1, 0.15) is 12.2 Å². The summed E-state index contributed by atoms with van der Waals surface area (Å²) in [5, 5.41) is 3.94. The number of aromatic nitrogens is 1. The van der Waals surface area contributed by atoms with Gasteiger partial charge in [0.2, 0.25) is 0 Å². The molecule has 180 valence electrons. The Morgan fingerprint density at radius 3 is 2.54 bits per heavy atom. The Balaban J connectivity index is 1.45. The van der Waals surface area contributed by atoms with Gasteiger partial charge in [-0.25, -0.2) is 14.6 Å². The maximum absolute atomic E-state index is 13.6. The summed E-state index contributed by atoms with van der Waals surface area (Å²) < 4.78 is 11.3. The molecule has 0 saturated heterocycles. The highest BCUT2D eigenvalue weighted by molar-refractivity contribution is 6.30. The number of ether oxygens (including phenoxy) is 1. The van der Waals surface area contributed by atoms with Gasteiger partial charge in [0, 0.05) is 33.0 Å². The van der Waals surface area contributed by atoms with Crippen LogP contribution in [0.15, 0.2) is 100 Å². The summed E-state index contributed by atoms with van der Waals surface area (Å²) in [6, 6.07) is 27.7. The molecule has 0 amide bonds. The highest BCUT2D eigenvalue weighted by Gasteiger charge is 2.21. The van der Waals surface area contributed by atoms with Gasteiger partial charge in [0.15, 0.2) is 0 Å². The van der Waals surface area contributed by atoms with Crippen LogP contribution in [-0.4, -0.2) is 11.0 Å². The van der Waals surface area contributed by atoms with Crippen LogP contribution in [0.25, 0.3) is 43.9 Å². The molecule has 0 N–H and O–H groups in total. The second kappa shape index (κ2) is 9.19. The minimum absolute atomic E-state index is 0.0858. The molecule has 0 aliphatic rings. The first-order chi connectivity index (χ1) is 18.0. The van der Waals surface area contributed by atoms with Crippen LogP contribution >= 0.6 is 11.6 Å². The smallest absolute Gasteiger partial charge is 0.339 e. The van der Waals surface area contributed by atoms with Gasteiger partial charge < -0.3 is 9.15 Å². The third-order valence-electron chi connectivity index (χ3n) is 6.51. The van der Waals surface area contributed by atoms with Crippen molar-refractivity contribution < 1.29 is 13.9 Å². The van der Waals surface area contributed by atoms with E-state index in [-0.39, 0.29) is 6.61 Å². The van der Waals surface area contributed by atoms with E-state index in [4.69, 9.17) is 25.7 Å². The van der Waals surface area contributed by atoms with Gasteiger partial charge in [-0.05, 0) is 47.5 Å². The van der Waals surface area contributed by atoms with Crippen molar-refractivity contribution in [2.75, 3.05) is 0 Å². The monoisotopic (exact) mass is 505 g/mol. The zero-order valence-corrected chi connectivity index (χ0v) is 20.6. The highest BCUT2D eigenvalue weighted by atomic mass is 35.5. The Morgan fingerprint density at radius 2 is 1.70 bits per heavy atom. The van der Waals surface area contributed by atoms with Gasteiger partial charge >= 0.3 is 11.6 Å². The quantitative estimate of drug-likeness (QED) is 0.141. The van der Waals surface area contributed by atoms with Gasteiger partial charge in [0.25, 0.3) is 0 Å². The van der Waals surface area contributed by atoms with E-state index < -0.39 is 11.6 Å². The van der Waals surface area contributed by atoms with Crippen molar-refractivity contribution in [3.63, 3.8) is 0 Å². The molecular weight excluding hydrogens is 486 g/mol. The highest BCUT2D eigenvalue weighted by Crippen LogP contribution is 2.32. The van der Waals surface area contributed by atoms with E-state index in [0.717, 1.165) is 21.7 Å². The van der Waals surface area contributed by atoms with E-state index in [9.17, 15) is 9.59 Å². The fraction of sp³-hybridized carbons (Fsp3) is 0.0645. The average Bonchev–Trinajstić information content (AvgIpc) is 2.90.